The van der Waals surface area contributed by atoms with Crippen molar-refractivity contribution in [3.63, 3.8) is 0 Å². The first-order valence-corrected chi connectivity index (χ1v) is 11.4. The number of rotatable bonds is 12. The summed E-state index contributed by atoms with van der Waals surface area (Å²) in [7, 11) is 1.78. The van der Waals surface area contributed by atoms with E-state index in [4.69, 9.17) is 14.5 Å². The van der Waals surface area contributed by atoms with Crippen LogP contribution in [0, 0.1) is 5.41 Å². The molecule has 1 aliphatic rings. The van der Waals surface area contributed by atoms with E-state index in [1.807, 2.05) is 18.2 Å². The molecule has 0 aromatic heterocycles. The van der Waals surface area contributed by atoms with E-state index >= 15 is 0 Å². The van der Waals surface area contributed by atoms with Gasteiger partial charge in [-0.25, -0.2) is 4.99 Å². The van der Waals surface area contributed by atoms with Gasteiger partial charge >= 0.3 is 0 Å². The van der Waals surface area contributed by atoms with E-state index in [-0.39, 0.29) is 0 Å². The summed E-state index contributed by atoms with van der Waals surface area (Å²) in [6, 6.07) is 18.8. The molecule has 0 heterocycles. The predicted molar refractivity (Wildman–Crippen MR) is 127 cm³/mol. The van der Waals surface area contributed by atoms with Gasteiger partial charge in [0, 0.05) is 26.8 Å². The molecule has 0 aliphatic heterocycles. The lowest BCUT2D eigenvalue weighted by atomic mass is 9.67. The summed E-state index contributed by atoms with van der Waals surface area (Å²) >= 11 is 0. The summed E-state index contributed by atoms with van der Waals surface area (Å²) in [5, 5.41) is 6.93. The average Bonchev–Trinajstić information content (AvgIpc) is 2.78. The fourth-order valence-corrected chi connectivity index (χ4v) is 3.90. The first kappa shape index (κ1) is 23.3. The highest BCUT2D eigenvalue weighted by Crippen LogP contribution is 2.43. The van der Waals surface area contributed by atoms with Crippen LogP contribution in [0.3, 0.4) is 0 Å². The van der Waals surface area contributed by atoms with Crippen molar-refractivity contribution >= 4 is 5.96 Å². The van der Waals surface area contributed by atoms with Gasteiger partial charge in [0.25, 0.3) is 0 Å². The lowest BCUT2D eigenvalue weighted by Gasteiger charge is -2.42. The van der Waals surface area contributed by atoms with Crippen LogP contribution in [0.5, 0.6) is 0 Å². The minimum Gasteiger partial charge on any atom is -0.385 e. The van der Waals surface area contributed by atoms with Crippen molar-refractivity contribution in [3.05, 3.63) is 71.3 Å². The molecule has 168 valence electrons. The molecule has 31 heavy (non-hydrogen) atoms. The van der Waals surface area contributed by atoms with Crippen molar-refractivity contribution < 1.29 is 9.47 Å². The molecule has 1 saturated carbocycles. The third-order valence-corrected chi connectivity index (χ3v) is 6.05. The first-order valence-electron chi connectivity index (χ1n) is 11.4. The van der Waals surface area contributed by atoms with Crippen molar-refractivity contribution in [1.82, 2.24) is 10.6 Å². The van der Waals surface area contributed by atoms with Crippen LogP contribution in [-0.4, -0.2) is 32.8 Å². The molecule has 0 atom stereocenters. The summed E-state index contributed by atoms with van der Waals surface area (Å²) in [5.41, 5.74) is 3.94. The number of benzene rings is 2. The minimum atomic E-state index is 0.369. The number of guanidine groups is 1. The minimum absolute atomic E-state index is 0.369. The Labute approximate surface area is 187 Å². The van der Waals surface area contributed by atoms with Crippen LogP contribution in [0.4, 0.5) is 0 Å². The lowest BCUT2D eigenvalue weighted by molar-refractivity contribution is 0.0732. The lowest BCUT2D eigenvalue weighted by Crippen LogP contribution is -2.46. The Morgan fingerprint density at radius 2 is 1.61 bits per heavy atom. The Kier molecular flexibility index (Phi) is 9.38. The highest BCUT2D eigenvalue weighted by Gasteiger charge is 2.36. The van der Waals surface area contributed by atoms with Gasteiger partial charge in [-0.1, -0.05) is 61.0 Å². The molecular weight excluding hydrogens is 386 g/mol. The molecule has 5 nitrogen and oxygen atoms in total. The van der Waals surface area contributed by atoms with E-state index in [9.17, 15) is 0 Å². The second-order valence-corrected chi connectivity index (χ2v) is 8.44. The number of hydrogen-bond acceptors (Lipinski definition) is 3. The van der Waals surface area contributed by atoms with Crippen LogP contribution < -0.4 is 10.6 Å². The van der Waals surface area contributed by atoms with Crippen molar-refractivity contribution in [3.8, 4) is 0 Å². The van der Waals surface area contributed by atoms with Crippen molar-refractivity contribution in [1.29, 1.82) is 0 Å². The molecule has 0 unspecified atom stereocenters. The number of nitrogens with zero attached hydrogens (tertiary/aromatic N) is 1. The standard InChI is InChI=1S/C26H37N3O2/c1-3-27-25(29-21-26(14-7-15-26)16-17-30-2)28-18-22-10-12-24(13-11-22)20-31-19-23-8-5-4-6-9-23/h4-6,8-13H,3,7,14-21H2,1-2H3,(H2,27,28,29). The quantitative estimate of drug-likeness (QED) is 0.385. The number of hydrogen-bond donors (Lipinski definition) is 2. The zero-order valence-corrected chi connectivity index (χ0v) is 19.0. The number of nitrogens with one attached hydrogen (secondary N) is 2. The maximum Gasteiger partial charge on any atom is 0.191 e. The number of ether oxygens (including phenoxy) is 2. The Morgan fingerprint density at radius 1 is 0.935 bits per heavy atom. The van der Waals surface area contributed by atoms with Gasteiger partial charge in [0.15, 0.2) is 5.96 Å². The molecule has 1 fully saturated rings. The van der Waals surface area contributed by atoms with E-state index in [2.05, 4.69) is 54.0 Å². The molecule has 0 radical (unpaired) electrons. The molecular formula is C26H37N3O2. The monoisotopic (exact) mass is 423 g/mol. The second kappa shape index (κ2) is 12.5. The molecule has 2 aromatic rings. The number of aliphatic imine (C=N–C) groups is 1. The van der Waals surface area contributed by atoms with E-state index in [1.165, 1.54) is 36.0 Å². The Morgan fingerprint density at radius 3 is 2.23 bits per heavy atom. The van der Waals surface area contributed by atoms with E-state index in [1.54, 1.807) is 7.11 Å². The second-order valence-electron chi connectivity index (χ2n) is 8.44. The van der Waals surface area contributed by atoms with E-state index < -0.39 is 0 Å². The summed E-state index contributed by atoms with van der Waals surface area (Å²) in [6.45, 7) is 6.66. The highest BCUT2D eigenvalue weighted by molar-refractivity contribution is 5.79. The molecule has 0 bridgehead atoms. The van der Waals surface area contributed by atoms with Gasteiger partial charge in [0.1, 0.15) is 0 Å². The van der Waals surface area contributed by atoms with Gasteiger partial charge < -0.3 is 20.1 Å². The molecule has 3 rings (SSSR count). The molecule has 0 saturated heterocycles. The van der Waals surface area contributed by atoms with Gasteiger partial charge in [-0.2, -0.15) is 0 Å². The Bertz CT molecular complexity index is 786. The van der Waals surface area contributed by atoms with E-state index in [0.29, 0.717) is 25.2 Å². The normalized spacial score (nSPS) is 15.4. The van der Waals surface area contributed by atoms with Gasteiger partial charge in [-0.05, 0) is 48.3 Å². The molecule has 2 N–H and O–H groups in total. The maximum atomic E-state index is 5.83. The molecule has 1 aliphatic carbocycles. The summed E-state index contributed by atoms with van der Waals surface area (Å²) in [4.78, 5) is 4.79. The third-order valence-electron chi connectivity index (χ3n) is 6.05. The van der Waals surface area contributed by atoms with Crippen LogP contribution in [0.15, 0.2) is 59.6 Å². The molecule has 5 heteroatoms. The fourth-order valence-electron chi connectivity index (χ4n) is 3.90. The van der Waals surface area contributed by atoms with Crippen LogP contribution in [0.1, 0.15) is 49.3 Å². The van der Waals surface area contributed by atoms with Crippen molar-refractivity contribution in [2.75, 3.05) is 26.8 Å². The molecule has 2 aromatic carbocycles. The SMILES string of the molecule is CCNC(=NCc1ccc(COCc2ccccc2)cc1)NCC1(CCOC)CCC1. The van der Waals surface area contributed by atoms with E-state index in [0.717, 1.165) is 32.1 Å². The average molecular weight is 424 g/mol. The summed E-state index contributed by atoms with van der Waals surface area (Å²) in [5.74, 6) is 0.890. The van der Waals surface area contributed by atoms with Crippen molar-refractivity contribution in [2.24, 2.45) is 10.4 Å². The van der Waals surface area contributed by atoms with Gasteiger partial charge in [0.2, 0.25) is 0 Å². The zero-order chi connectivity index (χ0) is 21.8. The summed E-state index contributed by atoms with van der Waals surface area (Å²) < 4.78 is 11.1. The number of methoxy groups -OCH3 is 1. The third kappa shape index (κ3) is 7.67. The Hall–Kier alpha value is -2.37. The predicted octanol–water partition coefficient (Wildman–Crippen LogP) is 4.67. The summed E-state index contributed by atoms with van der Waals surface area (Å²) in [6.07, 6.45) is 4.98. The van der Waals surface area contributed by atoms with Crippen LogP contribution >= 0.6 is 0 Å². The van der Waals surface area contributed by atoms with Crippen LogP contribution in [0.25, 0.3) is 0 Å². The Balaban J connectivity index is 1.46. The van der Waals surface area contributed by atoms with Crippen LogP contribution in [0.2, 0.25) is 0 Å². The maximum absolute atomic E-state index is 5.83. The fraction of sp³-hybridized carbons (Fsp3) is 0.500. The first-order chi connectivity index (χ1) is 15.2. The zero-order valence-electron chi connectivity index (χ0n) is 19.0. The molecule has 0 spiro atoms. The smallest absolute Gasteiger partial charge is 0.191 e. The highest BCUT2D eigenvalue weighted by atomic mass is 16.5. The van der Waals surface area contributed by atoms with Crippen molar-refractivity contribution in [2.45, 2.75) is 52.4 Å². The topological polar surface area (TPSA) is 54.9 Å². The van der Waals surface area contributed by atoms with Gasteiger partial charge in [-0.15, -0.1) is 0 Å². The van der Waals surface area contributed by atoms with Gasteiger partial charge in [-0.3, -0.25) is 0 Å². The largest absolute Gasteiger partial charge is 0.385 e. The van der Waals surface area contributed by atoms with Crippen LogP contribution in [-0.2, 0) is 29.2 Å². The molecule has 0 amide bonds. The van der Waals surface area contributed by atoms with Gasteiger partial charge in [0.05, 0.1) is 19.8 Å².